The van der Waals surface area contributed by atoms with Crippen LogP contribution < -0.4 is 5.32 Å². The lowest BCUT2D eigenvalue weighted by atomic mass is 9.96. The van der Waals surface area contributed by atoms with Crippen molar-refractivity contribution in [3.63, 3.8) is 0 Å². The van der Waals surface area contributed by atoms with Gasteiger partial charge in [0.1, 0.15) is 0 Å². The Labute approximate surface area is 131 Å². The number of amides is 1. The Morgan fingerprint density at radius 3 is 2.41 bits per heavy atom. The maximum atomic E-state index is 12.3. The molecule has 0 spiro atoms. The van der Waals surface area contributed by atoms with Gasteiger partial charge in [-0.1, -0.05) is 18.2 Å². The van der Waals surface area contributed by atoms with E-state index in [-0.39, 0.29) is 5.91 Å². The lowest BCUT2D eigenvalue weighted by molar-refractivity contribution is -0.0782. The number of ether oxygens (including phenoxy) is 1. The van der Waals surface area contributed by atoms with Crippen LogP contribution in [0.15, 0.2) is 30.3 Å². The fourth-order valence-electron chi connectivity index (χ4n) is 4.21. The Bertz CT molecular complexity index is 515. The number of piperidine rings is 1. The number of fused-ring (bicyclic) bond motifs is 2. The van der Waals surface area contributed by atoms with E-state index in [1.54, 1.807) is 0 Å². The van der Waals surface area contributed by atoms with Crippen LogP contribution in [0.3, 0.4) is 0 Å². The van der Waals surface area contributed by atoms with Crippen molar-refractivity contribution >= 4 is 5.91 Å². The van der Waals surface area contributed by atoms with Gasteiger partial charge in [0.25, 0.3) is 5.91 Å². The number of rotatable bonds is 4. The maximum absolute atomic E-state index is 12.3. The van der Waals surface area contributed by atoms with Gasteiger partial charge in [0.05, 0.1) is 6.10 Å². The number of carbonyl (C=O) groups is 1. The average Bonchev–Trinajstić information content (AvgIpc) is 2.73. The van der Waals surface area contributed by atoms with Crippen LogP contribution in [-0.2, 0) is 4.74 Å². The Hall–Kier alpha value is -1.39. The number of carbonyl (C=O) groups excluding carboxylic acids is 1. The molecular weight excluding hydrogens is 276 g/mol. The molecule has 3 saturated heterocycles. The molecule has 0 radical (unpaired) electrons. The van der Waals surface area contributed by atoms with Crippen molar-refractivity contribution in [2.45, 2.75) is 56.3 Å². The quantitative estimate of drug-likeness (QED) is 0.927. The van der Waals surface area contributed by atoms with Gasteiger partial charge in [0, 0.05) is 36.8 Å². The fraction of sp³-hybridized carbons (Fsp3) is 0.611. The van der Waals surface area contributed by atoms with Crippen molar-refractivity contribution < 1.29 is 9.53 Å². The predicted molar refractivity (Wildman–Crippen MR) is 84.8 cm³/mol. The molecular formula is C18H24N2O2. The van der Waals surface area contributed by atoms with Crippen LogP contribution in [0.4, 0.5) is 0 Å². The van der Waals surface area contributed by atoms with Gasteiger partial charge < -0.3 is 10.1 Å². The van der Waals surface area contributed by atoms with E-state index < -0.39 is 0 Å². The first-order valence-electron chi connectivity index (χ1n) is 8.53. The molecule has 2 bridgehead atoms. The Morgan fingerprint density at radius 2 is 1.82 bits per heavy atom. The topological polar surface area (TPSA) is 41.6 Å². The Kier molecular flexibility index (Phi) is 3.89. The van der Waals surface area contributed by atoms with Crippen LogP contribution in [0.1, 0.15) is 42.5 Å². The van der Waals surface area contributed by atoms with Crippen LogP contribution in [0.5, 0.6) is 0 Å². The van der Waals surface area contributed by atoms with Crippen molar-refractivity contribution in [1.29, 1.82) is 0 Å². The van der Waals surface area contributed by atoms with E-state index in [4.69, 9.17) is 4.74 Å². The Morgan fingerprint density at radius 1 is 1.14 bits per heavy atom. The van der Waals surface area contributed by atoms with Crippen LogP contribution >= 0.6 is 0 Å². The number of nitrogens with one attached hydrogen (secondary N) is 1. The summed E-state index contributed by atoms with van der Waals surface area (Å²) in [4.78, 5) is 15.0. The van der Waals surface area contributed by atoms with Crippen LogP contribution in [0, 0.1) is 0 Å². The minimum absolute atomic E-state index is 0.0702. The van der Waals surface area contributed by atoms with Crippen LogP contribution in [0.2, 0.25) is 0 Å². The third kappa shape index (κ3) is 2.77. The van der Waals surface area contributed by atoms with Gasteiger partial charge in [0.2, 0.25) is 0 Å². The summed E-state index contributed by atoms with van der Waals surface area (Å²) < 4.78 is 5.60. The molecule has 1 N–H and O–H groups in total. The first-order chi connectivity index (χ1) is 10.8. The fourth-order valence-corrected chi connectivity index (χ4v) is 4.21. The minimum Gasteiger partial charge on any atom is -0.377 e. The van der Waals surface area contributed by atoms with Crippen LogP contribution in [-0.4, -0.2) is 48.2 Å². The second-order valence-corrected chi connectivity index (χ2v) is 6.87. The Balaban J connectivity index is 1.35. The van der Waals surface area contributed by atoms with Gasteiger partial charge >= 0.3 is 0 Å². The summed E-state index contributed by atoms with van der Waals surface area (Å²) in [6.45, 7) is 2.03. The number of benzene rings is 1. The third-order valence-corrected chi connectivity index (χ3v) is 5.46. The van der Waals surface area contributed by atoms with Gasteiger partial charge in [-0.05, 0) is 44.2 Å². The van der Waals surface area contributed by atoms with E-state index >= 15 is 0 Å². The van der Waals surface area contributed by atoms with Gasteiger partial charge in [-0.2, -0.15) is 0 Å². The number of hydrogen-bond acceptors (Lipinski definition) is 3. The molecule has 3 fully saturated rings. The predicted octanol–water partition coefficient (Wildman–Crippen LogP) is 2.20. The molecule has 3 heterocycles. The van der Waals surface area contributed by atoms with Crippen molar-refractivity contribution in [2.24, 2.45) is 0 Å². The molecule has 1 amide bonds. The molecule has 1 aromatic rings. The largest absolute Gasteiger partial charge is 0.377 e. The molecule has 4 heteroatoms. The van der Waals surface area contributed by atoms with Crippen molar-refractivity contribution in [2.75, 3.05) is 13.2 Å². The zero-order valence-electron chi connectivity index (χ0n) is 12.9. The molecule has 4 nitrogen and oxygen atoms in total. The lowest BCUT2D eigenvalue weighted by Gasteiger charge is -2.42. The van der Waals surface area contributed by atoms with Gasteiger partial charge in [0.15, 0.2) is 0 Å². The van der Waals surface area contributed by atoms with E-state index in [0.717, 1.165) is 31.6 Å². The highest BCUT2D eigenvalue weighted by Crippen LogP contribution is 2.36. The first-order valence-corrected chi connectivity index (χ1v) is 8.53. The second kappa shape index (κ2) is 6.01. The highest BCUT2D eigenvalue weighted by atomic mass is 16.5. The van der Waals surface area contributed by atoms with E-state index in [2.05, 4.69) is 10.2 Å². The average molecular weight is 300 g/mol. The first kappa shape index (κ1) is 14.2. The minimum atomic E-state index is 0.0702. The molecule has 118 valence electrons. The van der Waals surface area contributed by atoms with E-state index in [1.165, 1.54) is 19.3 Å². The highest BCUT2D eigenvalue weighted by molar-refractivity contribution is 5.94. The summed E-state index contributed by atoms with van der Waals surface area (Å²) in [6.07, 6.45) is 6.39. The molecule has 1 unspecified atom stereocenters. The summed E-state index contributed by atoms with van der Waals surface area (Å²) in [5.41, 5.74) is 0.764. The van der Waals surface area contributed by atoms with Crippen molar-refractivity contribution in [3.8, 4) is 0 Å². The molecule has 4 atom stereocenters. The summed E-state index contributed by atoms with van der Waals surface area (Å²) in [6, 6.07) is 11.1. The molecule has 3 aliphatic heterocycles. The van der Waals surface area contributed by atoms with E-state index in [1.807, 2.05) is 30.3 Å². The maximum Gasteiger partial charge on any atom is 0.251 e. The van der Waals surface area contributed by atoms with Gasteiger partial charge in [-0.25, -0.2) is 0 Å². The molecule has 3 aliphatic rings. The SMILES string of the molecule is O=C(NC1C[C@H]2CC[C@@H](C1)N2C[C@@H]1CCO1)c1ccccc1. The zero-order valence-corrected chi connectivity index (χ0v) is 12.9. The van der Waals surface area contributed by atoms with Gasteiger partial charge in [-0.3, -0.25) is 9.69 Å². The third-order valence-electron chi connectivity index (χ3n) is 5.46. The van der Waals surface area contributed by atoms with E-state index in [9.17, 15) is 4.79 Å². The summed E-state index contributed by atoms with van der Waals surface area (Å²) in [7, 11) is 0. The number of nitrogens with zero attached hydrogens (tertiary/aromatic N) is 1. The van der Waals surface area contributed by atoms with Crippen molar-refractivity contribution in [1.82, 2.24) is 10.2 Å². The lowest BCUT2D eigenvalue weighted by Crippen LogP contribution is -2.53. The standard InChI is InChI=1S/C18H24N2O2/c21-18(13-4-2-1-3-5-13)19-14-10-15-6-7-16(11-14)20(15)12-17-8-9-22-17/h1-5,14-17H,6-12H2,(H,19,21)/t14?,15-,16+,17-/m0/s1. The number of hydrogen-bond donors (Lipinski definition) is 1. The normalized spacial score (nSPS) is 34.2. The summed E-state index contributed by atoms with van der Waals surface area (Å²) in [5, 5.41) is 3.24. The molecule has 0 saturated carbocycles. The summed E-state index contributed by atoms with van der Waals surface area (Å²) in [5.74, 6) is 0.0702. The summed E-state index contributed by atoms with van der Waals surface area (Å²) >= 11 is 0. The second-order valence-electron chi connectivity index (χ2n) is 6.87. The smallest absolute Gasteiger partial charge is 0.251 e. The molecule has 22 heavy (non-hydrogen) atoms. The molecule has 0 aromatic heterocycles. The molecule has 1 aromatic carbocycles. The van der Waals surface area contributed by atoms with Crippen LogP contribution in [0.25, 0.3) is 0 Å². The highest BCUT2D eigenvalue weighted by Gasteiger charge is 2.42. The van der Waals surface area contributed by atoms with E-state index in [0.29, 0.717) is 24.2 Å². The molecule has 4 rings (SSSR count). The van der Waals surface area contributed by atoms with Gasteiger partial charge in [-0.15, -0.1) is 0 Å². The zero-order chi connectivity index (χ0) is 14.9. The monoisotopic (exact) mass is 300 g/mol. The molecule has 0 aliphatic carbocycles. The van der Waals surface area contributed by atoms with Crippen molar-refractivity contribution in [3.05, 3.63) is 35.9 Å².